The van der Waals surface area contributed by atoms with Crippen molar-refractivity contribution in [1.29, 1.82) is 0 Å². The molecule has 2 bridgehead atoms. The van der Waals surface area contributed by atoms with Crippen LogP contribution in [0.2, 0.25) is 0 Å². The van der Waals surface area contributed by atoms with E-state index in [1.807, 2.05) is 49.9 Å². The van der Waals surface area contributed by atoms with Crippen molar-refractivity contribution in [3.63, 3.8) is 0 Å². The first kappa shape index (κ1) is 39.4. The predicted molar refractivity (Wildman–Crippen MR) is 213 cm³/mol. The number of halogens is 2. The van der Waals surface area contributed by atoms with E-state index in [0.717, 1.165) is 55.0 Å². The topological polar surface area (TPSA) is 123 Å². The normalized spacial score (nSPS) is 21.6. The fourth-order valence-electron chi connectivity index (χ4n) is 8.86. The van der Waals surface area contributed by atoms with Gasteiger partial charge in [0.25, 0.3) is 0 Å². The molecule has 1 amide bonds. The number of ether oxygens (including phenoxy) is 4. The van der Waals surface area contributed by atoms with Gasteiger partial charge in [-0.1, -0.05) is 25.1 Å². The molecule has 2 atom stereocenters. The third-order valence-electron chi connectivity index (χ3n) is 12.1. The largest absolute Gasteiger partial charge is 0.468 e. The number of aliphatic hydroxyl groups excluding tert-OH is 1. The van der Waals surface area contributed by atoms with E-state index in [-0.39, 0.29) is 47.6 Å². The van der Waals surface area contributed by atoms with E-state index in [1.165, 1.54) is 0 Å². The molecule has 4 aliphatic rings. The van der Waals surface area contributed by atoms with Crippen molar-refractivity contribution in [2.45, 2.75) is 96.0 Å². The van der Waals surface area contributed by atoms with Crippen LogP contribution in [-0.2, 0) is 15.9 Å². The smallest absolute Gasteiger partial charge is 0.410 e. The number of carbonyl (C=O) groups is 1. The molecule has 1 N–H and O–H groups in total. The van der Waals surface area contributed by atoms with Gasteiger partial charge < -0.3 is 33.9 Å². The average molecular weight is 789 g/mol. The fourth-order valence-corrected chi connectivity index (χ4v) is 8.86. The second-order valence-electron chi connectivity index (χ2n) is 17.5. The highest BCUT2D eigenvalue weighted by atomic mass is 19.1. The molecule has 2 aromatic carbocycles. The maximum atomic E-state index is 17.4. The van der Waals surface area contributed by atoms with Crippen molar-refractivity contribution in [1.82, 2.24) is 24.8 Å². The number of piperidine rings is 1. The lowest BCUT2D eigenvalue weighted by atomic mass is 9.93. The van der Waals surface area contributed by atoms with Gasteiger partial charge in [-0.05, 0) is 94.2 Å². The van der Waals surface area contributed by atoms with E-state index in [0.29, 0.717) is 68.1 Å². The molecule has 4 aromatic rings. The fraction of sp³-hybridized carbons (Fsp3) is 0.581. The lowest BCUT2D eigenvalue weighted by Gasteiger charge is -2.42. The maximum Gasteiger partial charge on any atom is 0.410 e. The first-order chi connectivity index (χ1) is 27.3. The van der Waals surface area contributed by atoms with Crippen LogP contribution in [-0.4, -0.2) is 119 Å². The van der Waals surface area contributed by atoms with Crippen molar-refractivity contribution in [2.24, 2.45) is 5.41 Å². The monoisotopic (exact) mass is 788 g/mol. The Bertz CT molecular complexity index is 2120. The standard InChI is InChI=1S/C43H54F2N6O6/c1-6-27-8-7-9-28-18-31(56-26-54-5)19-32(34(27)28)36-35(44)37-33(20-46-36)38(50-21-29-10-11-30(22-50)51(29)40(53)57-41(2,3)4)48-39(47-37)55-25-42(12-13-42)23-49-16-14-43(45,24-52)15-17-49/h7-9,18-20,29-30,52H,6,10-17,21-26H2,1-5H3. The predicted octanol–water partition coefficient (Wildman–Crippen LogP) is 7.07. The SMILES string of the molecule is CCc1cccc2cc(OCOC)cc(-c3ncc4c(N5CC6CCC(C5)N6C(=O)OC(C)(C)C)nc(OCC5(CN6CCC(F)(CO)CC6)CC5)nc4c3F)c12. The number of fused-ring (bicyclic) bond motifs is 4. The molecule has 4 fully saturated rings. The van der Waals surface area contributed by atoms with Gasteiger partial charge in [-0.15, -0.1) is 0 Å². The number of piperazine rings is 1. The number of carbonyl (C=O) groups excluding carboxylic acids is 1. The van der Waals surface area contributed by atoms with Gasteiger partial charge in [0.1, 0.15) is 34.0 Å². The lowest BCUT2D eigenvalue weighted by molar-refractivity contribution is 0.00139. The highest BCUT2D eigenvalue weighted by molar-refractivity contribution is 6.01. The average Bonchev–Trinajstić information content (AvgIpc) is 3.91. The molecule has 12 nitrogen and oxygen atoms in total. The number of anilines is 1. The number of aromatic nitrogens is 3. The van der Waals surface area contributed by atoms with Gasteiger partial charge in [-0.2, -0.15) is 9.97 Å². The molecule has 2 unspecified atom stereocenters. The molecule has 8 rings (SSSR count). The number of rotatable bonds is 12. The van der Waals surface area contributed by atoms with Crippen molar-refractivity contribution < 1.29 is 37.6 Å². The Balaban J connectivity index is 1.16. The van der Waals surface area contributed by atoms with E-state index in [1.54, 1.807) is 19.4 Å². The third-order valence-corrected chi connectivity index (χ3v) is 12.1. The van der Waals surface area contributed by atoms with Crippen LogP contribution in [0, 0.1) is 11.2 Å². The summed E-state index contributed by atoms with van der Waals surface area (Å²) in [4.78, 5) is 34.0. The zero-order valence-corrected chi connectivity index (χ0v) is 33.7. The minimum Gasteiger partial charge on any atom is -0.468 e. The number of hydrogen-bond acceptors (Lipinski definition) is 11. The van der Waals surface area contributed by atoms with E-state index in [4.69, 9.17) is 33.9 Å². The summed E-state index contributed by atoms with van der Waals surface area (Å²) in [7, 11) is 1.55. The number of methoxy groups -OCH3 is 1. The highest BCUT2D eigenvalue weighted by Crippen LogP contribution is 2.48. The van der Waals surface area contributed by atoms with Gasteiger partial charge >= 0.3 is 12.1 Å². The summed E-state index contributed by atoms with van der Waals surface area (Å²) in [6.45, 7) is 10.4. The Morgan fingerprint density at radius 2 is 1.77 bits per heavy atom. The van der Waals surface area contributed by atoms with Crippen LogP contribution in [0.1, 0.15) is 71.8 Å². The maximum absolute atomic E-state index is 17.4. The van der Waals surface area contributed by atoms with Gasteiger partial charge in [0.15, 0.2) is 12.6 Å². The Morgan fingerprint density at radius 1 is 1.04 bits per heavy atom. The van der Waals surface area contributed by atoms with Crippen LogP contribution in [0.3, 0.4) is 0 Å². The van der Waals surface area contributed by atoms with Gasteiger partial charge in [-0.25, -0.2) is 13.6 Å². The van der Waals surface area contributed by atoms with Gasteiger partial charge in [0.2, 0.25) is 0 Å². The van der Waals surface area contributed by atoms with Crippen LogP contribution in [0.4, 0.5) is 19.4 Å². The number of nitrogens with zero attached hydrogens (tertiary/aromatic N) is 6. The van der Waals surface area contributed by atoms with E-state index >= 15 is 4.39 Å². The Morgan fingerprint density at radius 3 is 2.42 bits per heavy atom. The summed E-state index contributed by atoms with van der Waals surface area (Å²) in [5.41, 5.74) is -0.423. The highest BCUT2D eigenvalue weighted by Gasteiger charge is 2.47. The van der Waals surface area contributed by atoms with Crippen molar-refractivity contribution >= 4 is 33.6 Å². The van der Waals surface area contributed by atoms with Crippen LogP contribution in [0.15, 0.2) is 36.5 Å². The summed E-state index contributed by atoms with van der Waals surface area (Å²) >= 11 is 0. The Labute approximate surface area is 332 Å². The minimum atomic E-state index is -1.52. The number of benzene rings is 2. The lowest BCUT2D eigenvalue weighted by Crippen LogP contribution is -2.57. The number of hydrogen-bond donors (Lipinski definition) is 1. The molecule has 3 aliphatic heterocycles. The van der Waals surface area contributed by atoms with Crippen molar-refractivity contribution in [2.75, 3.05) is 64.7 Å². The zero-order valence-electron chi connectivity index (χ0n) is 33.7. The summed E-state index contributed by atoms with van der Waals surface area (Å²) in [6.07, 6.45) is 6.17. The number of alkyl halides is 1. The van der Waals surface area contributed by atoms with Gasteiger partial charge in [-0.3, -0.25) is 9.88 Å². The second kappa shape index (κ2) is 15.4. The molecule has 0 spiro atoms. The Hall–Kier alpha value is -4.40. The van der Waals surface area contributed by atoms with E-state index in [9.17, 15) is 14.3 Å². The molecule has 14 heteroatoms. The van der Waals surface area contributed by atoms with E-state index < -0.39 is 23.7 Å². The molecule has 2 aromatic heterocycles. The summed E-state index contributed by atoms with van der Waals surface area (Å²) < 4.78 is 55.4. The molecule has 306 valence electrons. The van der Waals surface area contributed by atoms with Crippen LogP contribution >= 0.6 is 0 Å². The molecule has 5 heterocycles. The number of amides is 1. The molecular formula is C43H54F2N6O6. The van der Waals surface area contributed by atoms with Gasteiger partial charge in [0, 0.05) is 57.0 Å². The molecule has 57 heavy (non-hydrogen) atoms. The second-order valence-corrected chi connectivity index (χ2v) is 17.5. The first-order valence-corrected chi connectivity index (χ1v) is 20.3. The quantitative estimate of drug-likeness (QED) is 0.148. The van der Waals surface area contributed by atoms with Crippen LogP contribution in [0.5, 0.6) is 11.8 Å². The number of likely N-dealkylation sites (tertiary alicyclic amines) is 1. The summed E-state index contributed by atoms with van der Waals surface area (Å²) in [5.74, 6) is 0.436. The first-order valence-electron chi connectivity index (χ1n) is 20.3. The Kier molecular flexibility index (Phi) is 10.7. The number of pyridine rings is 1. The minimum absolute atomic E-state index is 0.0328. The third kappa shape index (κ3) is 8.05. The van der Waals surface area contributed by atoms with E-state index in [2.05, 4.69) is 16.7 Å². The number of aliphatic hydroxyl groups is 1. The van der Waals surface area contributed by atoms with Crippen LogP contribution < -0.4 is 14.4 Å². The van der Waals surface area contributed by atoms with Gasteiger partial charge in [0.05, 0.1) is 30.7 Å². The molecule has 1 aliphatic carbocycles. The molecule has 0 radical (unpaired) electrons. The summed E-state index contributed by atoms with van der Waals surface area (Å²) in [5, 5.41) is 11.7. The number of aryl methyl sites for hydroxylation is 1. The van der Waals surface area contributed by atoms with Crippen LogP contribution in [0.25, 0.3) is 32.9 Å². The summed E-state index contributed by atoms with van der Waals surface area (Å²) in [6, 6.07) is 9.58. The molecule has 3 saturated heterocycles. The molecule has 1 saturated carbocycles. The molecular weight excluding hydrogens is 735 g/mol. The zero-order chi connectivity index (χ0) is 40.1. The van der Waals surface area contributed by atoms with Crippen molar-refractivity contribution in [3.05, 3.63) is 47.9 Å². The van der Waals surface area contributed by atoms with Crippen molar-refractivity contribution in [3.8, 4) is 23.0 Å².